The van der Waals surface area contributed by atoms with E-state index in [2.05, 4.69) is 48.7 Å². The van der Waals surface area contributed by atoms with E-state index in [-0.39, 0.29) is 0 Å². The average Bonchev–Trinajstić information content (AvgIpc) is 2.21. The van der Waals surface area contributed by atoms with Crippen LogP contribution in [-0.4, -0.2) is 17.0 Å². The summed E-state index contributed by atoms with van der Waals surface area (Å²) in [6.07, 6.45) is 8.36. The van der Waals surface area contributed by atoms with Gasteiger partial charge in [-0.05, 0) is 18.9 Å². The molecule has 1 atom stereocenters. The van der Waals surface area contributed by atoms with Gasteiger partial charge in [0.1, 0.15) is 0 Å². The van der Waals surface area contributed by atoms with Gasteiger partial charge < -0.3 is 5.32 Å². The molecule has 0 amide bonds. The van der Waals surface area contributed by atoms with Crippen LogP contribution < -0.4 is 5.32 Å². The summed E-state index contributed by atoms with van der Waals surface area (Å²) in [5.74, 6) is 0.766. The lowest BCUT2D eigenvalue weighted by Gasteiger charge is -2.19. The Morgan fingerprint density at radius 2 is 1.60 bits per heavy atom. The van der Waals surface area contributed by atoms with Crippen molar-refractivity contribution in [1.29, 1.82) is 0 Å². The molecular formula is C13H28IN. The summed E-state index contributed by atoms with van der Waals surface area (Å²) in [7, 11) is 0. The highest BCUT2D eigenvalue weighted by molar-refractivity contribution is 14.1. The third-order valence-electron chi connectivity index (χ3n) is 2.91. The smallest absolute Gasteiger partial charge is 0.0180 e. The van der Waals surface area contributed by atoms with Gasteiger partial charge in [-0.15, -0.1) is 0 Å². The molecule has 0 bridgehead atoms. The molecule has 0 aromatic heterocycles. The highest BCUT2D eigenvalue weighted by Gasteiger charge is 2.09. The van der Waals surface area contributed by atoms with Crippen molar-refractivity contribution in [2.24, 2.45) is 5.92 Å². The van der Waals surface area contributed by atoms with E-state index in [0.717, 1.165) is 5.92 Å². The minimum Gasteiger partial charge on any atom is -0.313 e. The minimum atomic E-state index is 0.709. The molecule has 0 radical (unpaired) electrons. The second kappa shape index (κ2) is 11.2. The lowest BCUT2D eigenvalue weighted by atomic mass is 10.1. The molecular weight excluding hydrogens is 297 g/mol. The second-order valence-corrected chi connectivity index (χ2v) is 5.61. The van der Waals surface area contributed by atoms with Crippen molar-refractivity contribution < 1.29 is 0 Å². The molecule has 1 nitrogen and oxygen atoms in total. The van der Waals surface area contributed by atoms with Crippen molar-refractivity contribution >= 4 is 22.6 Å². The van der Waals surface area contributed by atoms with Gasteiger partial charge in [-0.25, -0.2) is 0 Å². The summed E-state index contributed by atoms with van der Waals surface area (Å²) < 4.78 is 1.23. The molecule has 0 aromatic carbocycles. The topological polar surface area (TPSA) is 12.0 Å². The fourth-order valence-corrected chi connectivity index (χ4v) is 2.99. The van der Waals surface area contributed by atoms with E-state index in [0.29, 0.717) is 6.04 Å². The number of alkyl halides is 1. The molecule has 0 saturated carbocycles. The average molecular weight is 325 g/mol. The third-order valence-corrected chi connectivity index (χ3v) is 3.86. The number of nitrogens with one attached hydrogen (secondary N) is 1. The Bertz CT molecular complexity index is 126. The molecule has 0 heterocycles. The van der Waals surface area contributed by atoms with Crippen molar-refractivity contribution in [3.05, 3.63) is 0 Å². The number of halogens is 1. The van der Waals surface area contributed by atoms with Gasteiger partial charge >= 0.3 is 0 Å². The fourth-order valence-electron chi connectivity index (χ4n) is 1.66. The first-order valence-electron chi connectivity index (χ1n) is 6.51. The molecule has 2 heteroatoms. The first kappa shape index (κ1) is 15.7. The standard InChI is InChI=1S/C13H28IN/c1-4-5-6-7-8-9-10-15-13(11-14)12(2)3/h12-13,15H,4-11H2,1-3H3. The lowest BCUT2D eigenvalue weighted by Crippen LogP contribution is -2.35. The predicted molar refractivity (Wildman–Crippen MR) is 78.9 cm³/mol. The van der Waals surface area contributed by atoms with Crippen LogP contribution in [0.1, 0.15) is 59.3 Å². The van der Waals surface area contributed by atoms with E-state index in [1.165, 1.54) is 49.5 Å². The Morgan fingerprint density at radius 1 is 1.00 bits per heavy atom. The highest BCUT2D eigenvalue weighted by atomic mass is 127. The van der Waals surface area contributed by atoms with Gasteiger partial charge in [0.2, 0.25) is 0 Å². The van der Waals surface area contributed by atoms with Gasteiger partial charge in [0.05, 0.1) is 0 Å². The van der Waals surface area contributed by atoms with Crippen LogP contribution in [-0.2, 0) is 0 Å². The number of unbranched alkanes of at least 4 members (excludes halogenated alkanes) is 5. The van der Waals surface area contributed by atoms with Crippen LogP contribution in [0.5, 0.6) is 0 Å². The summed E-state index contributed by atoms with van der Waals surface area (Å²) in [6.45, 7) is 8.09. The SMILES string of the molecule is CCCCCCCCNC(CI)C(C)C. The Balaban J connectivity index is 3.22. The van der Waals surface area contributed by atoms with Crippen molar-refractivity contribution in [2.45, 2.75) is 65.3 Å². The molecule has 0 rings (SSSR count). The van der Waals surface area contributed by atoms with Gasteiger partial charge in [-0.3, -0.25) is 0 Å². The molecule has 15 heavy (non-hydrogen) atoms. The fraction of sp³-hybridized carbons (Fsp3) is 1.00. The van der Waals surface area contributed by atoms with E-state index >= 15 is 0 Å². The zero-order chi connectivity index (χ0) is 11.5. The monoisotopic (exact) mass is 325 g/mol. The zero-order valence-electron chi connectivity index (χ0n) is 10.7. The molecule has 0 aromatic rings. The maximum absolute atomic E-state index is 3.65. The molecule has 0 fully saturated rings. The quantitative estimate of drug-likeness (QED) is 0.357. The number of rotatable bonds is 10. The molecule has 1 unspecified atom stereocenters. The molecule has 0 aliphatic heterocycles. The van der Waals surface area contributed by atoms with Crippen molar-refractivity contribution in [3.63, 3.8) is 0 Å². The first-order valence-corrected chi connectivity index (χ1v) is 8.04. The summed E-state index contributed by atoms with van der Waals surface area (Å²) >= 11 is 2.48. The van der Waals surface area contributed by atoms with Gasteiger partial charge in [-0.1, -0.05) is 75.5 Å². The Morgan fingerprint density at radius 3 is 2.13 bits per heavy atom. The molecule has 0 spiro atoms. The molecule has 1 N–H and O–H groups in total. The van der Waals surface area contributed by atoms with E-state index < -0.39 is 0 Å². The number of hydrogen-bond acceptors (Lipinski definition) is 1. The van der Waals surface area contributed by atoms with Crippen LogP contribution in [0.25, 0.3) is 0 Å². The van der Waals surface area contributed by atoms with Crippen LogP contribution >= 0.6 is 22.6 Å². The van der Waals surface area contributed by atoms with E-state index in [1.807, 2.05) is 0 Å². The van der Waals surface area contributed by atoms with Crippen molar-refractivity contribution in [2.75, 3.05) is 11.0 Å². The van der Waals surface area contributed by atoms with Crippen LogP contribution in [0.4, 0.5) is 0 Å². The first-order chi connectivity index (χ1) is 7.22. The summed E-state index contributed by atoms with van der Waals surface area (Å²) in [4.78, 5) is 0. The van der Waals surface area contributed by atoms with Crippen LogP contribution in [0.3, 0.4) is 0 Å². The summed E-state index contributed by atoms with van der Waals surface area (Å²) in [5.41, 5.74) is 0. The highest BCUT2D eigenvalue weighted by Crippen LogP contribution is 2.07. The van der Waals surface area contributed by atoms with Gasteiger partial charge in [-0.2, -0.15) is 0 Å². The maximum atomic E-state index is 3.65. The predicted octanol–water partition coefficient (Wildman–Crippen LogP) is 4.40. The summed E-state index contributed by atoms with van der Waals surface area (Å²) in [5, 5.41) is 3.65. The van der Waals surface area contributed by atoms with E-state index in [1.54, 1.807) is 0 Å². The van der Waals surface area contributed by atoms with Gasteiger partial charge in [0, 0.05) is 10.5 Å². The zero-order valence-corrected chi connectivity index (χ0v) is 12.8. The van der Waals surface area contributed by atoms with Crippen LogP contribution in [0.2, 0.25) is 0 Å². The molecule has 0 saturated heterocycles. The largest absolute Gasteiger partial charge is 0.313 e. The molecule has 92 valence electrons. The maximum Gasteiger partial charge on any atom is 0.0180 e. The van der Waals surface area contributed by atoms with E-state index in [9.17, 15) is 0 Å². The van der Waals surface area contributed by atoms with Crippen molar-refractivity contribution in [3.8, 4) is 0 Å². The normalized spacial score (nSPS) is 13.4. The molecule has 0 aliphatic rings. The van der Waals surface area contributed by atoms with Crippen LogP contribution in [0, 0.1) is 5.92 Å². The number of hydrogen-bond donors (Lipinski definition) is 1. The lowest BCUT2D eigenvalue weighted by molar-refractivity contribution is 0.428. The molecule has 0 aliphatic carbocycles. The van der Waals surface area contributed by atoms with Gasteiger partial charge in [0.25, 0.3) is 0 Å². The third kappa shape index (κ3) is 9.61. The summed E-state index contributed by atoms with van der Waals surface area (Å²) in [6, 6.07) is 0.709. The Kier molecular flexibility index (Phi) is 11.7. The Labute approximate surface area is 110 Å². The van der Waals surface area contributed by atoms with Gasteiger partial charge in [0.15, 0.2) is 0 Å². The van der Waals surface area contributed by atoms with Crippen molar-refractivity contribution in [1.82, 2.24) is 5.32 Å². The second-order valence-electron chi connectivity index (χ2n) is 4.73. The Hall–Kier alpha value is 0.690. The minimum absolute atomic E-state index is 0.709. The van der Waals surface area contributed by atoms with E-state index in [4.69, 9.17) is 0 Å². The van der Waals surface area contributed by atoms with Crippen LogP contribution in [0.15, 0.2) is 0 Å².